The van der Waals surface area contributed by atoms with E-state index in [0.717, 1.165) is 18.5 Å². The molecule has 0 radical (unpaired) electrons. The lowest BCUT2D eigenvalue weighted by molar-refractivity contribution is 0.477. The van der Waals surface area contributed by atoms with E-state index in [0.29, 0.717) is 5.02 Å². The number of hydrogen-bond acceptors (Lipinski definition) is 2. The summed E-state index contributed by atoms with van der Waals surface area (Å²) in [7, 11) is 0. The van der Waals surface area contributed by atoms with Crippen LogP contribution in [0.15, 0.2) is 30.5 Å². The van der Waals surface area contributed by atoms with Crippen LogP contribution in [0.2, 0.25) is 5.02 Å². The Bertz CT molecular complexity index is 558. The van der Waals surface area contributed by atoms with Gasteiger partial charge in [0.05, 0.1) is 16.9 Å². The van der Waals surface area contributed by atoms with Gasteiger partial charge in [-0.2, -0.15) is 5.10 Å². The van der Waals surface area contributed by atoms with Gasteiger partial charge in [-0.1, -0.05) is 41.4 Å². The van der Waals surface area contributed by atoms with Crippen LogP contribution in [-0.2, 0) is 6.42 Å². The molecular formula is C16H22ClN3. The van der Waals surface area contributed by atoms with Crippen LogP contribution in [-0.4, -0.2) is 9.78 Å². The van der Waals surface area contributed by atoms with Crippen molar-refractivity contribution in [3.63, 3.8) is 0 Å². The molecule has 2 N–H and O–H groups in total. The SMILES string of the molecule is Cc1ccc(CCC(N)c2c(Cl)cnn2C(C)C)cc1. The Balaban J connectivity index is 2.07. The van der Waals surface area contributed by atoms with Gasteiger partial charge >= 0.3 is 0 Å². The maximum atomic E-state index is 6.31. The second kappa shape index (κ2) is 6.42. The molecule has 2 rings (SSSR count). The van der Waals surface area contributed by atoms with Crippen molar-refractivity contribution >= 4 is 11.6 Å². The number of benzene rings is 1. The second-order valence-corrected chi connectivity index (χ2v) is 5.95. The largest absolute Gasteiger partial charge is 0.323 e. The van der Waals surface area contributed by atoms with Crippen molar-refractivity contribution < 1.29 is 0 Å². The highest BCUT2D eigenvalue weighted by Gasteiger charge is 2.18. The number of aromatic nitrogens is 2. The van der Waals surface area contributed by atoms with Crippen LogP contribution in [0.25, 0.3) is 0 Å². The van der Waals surface area contributed by atoms with Crippen molar-refractivity contribution in [3.8, 4) is 0 Å². The van der Waals surface area contributed by atoms with E-state index in [4.69, 9.17) is 17.3 Å². The van der Waals surface area contributed by atoms with Crippen LogP contribution in [0, 0.1) is 6.92 Å². The molecule has 0 spiro atoms. The molecule has 1 unspecified atom stereocenters. The van der Waals surface area contributed by atoms with Crippen LogP contribution < -0.4 is 5.73 Å². The molecule has 4 heteroatoms. The standard InChI is InChI=1S/C16H22ClN3/c1-11(2)20-16(14(17)10-19-20)15(18)9-8-13-6-4-12(3)5-7-13/h4-7,10-11,15H,8-9,18H2,1-3H3. The first kappa shape index (κ1) is 15.1. The monoisotopic (exact) mass is 291 g/mol. The summed E-state index contributed by atoms with van der Waals surface area (Å²) in [5, 5.41) is 4.97. The maximum absolute atomic E-state index is 6.31. The number of halogens is 1. The van der Waals surface area contributed by atoms with Crippen LogP contribution in [0.5, 0.6) is 0 Å². The molecule has 0 aliphatic rings. The first-order chi connectivity index (χ1) is 9.49. The summed E-state index contributed by atoms with van der Waals surface area (Å²) >= 11 is 6.22. The summed E-state index contributed by atoms with van der Waals surface area (Å²) in [6, 6.07) is 8.75. The van der Waals surface area contributed by atoms with Crippen LogP contribution in [0.4, 0.5) is 0 Å². The average Bonchev–Trinajstić information content (AvgIpc) is 2.80. The minimum atomic E-state index is -0.0892. The molecule has 2 aromatic rings. The molecule has 0 saturated heterocycles. The summed E-state index contributed by atoms with van der Waals surface area (Å²) in [4.78, 5) is 0. The highest BCUT2D eigenvalue weighted by molar-refractivity contribution is 6.31. The van der Waals surface area contributed by atoms with Gasteiger partial charge in [0.1, 0.15) is 0 Å². The van der Waals surface area contributed by atoms with Crippen LogP contribution in [0.3, 0.4) is 0 Å². The fourth-order valence-corrected chi connectivity index (χ4v) is 2.59. The van der Waals surface area contributed by atoms with E-state index >= 15 is 0 Å². The Labute approximate surface area is 125 Å². The lowest BCUT2D eigenvalue weighted by atomic mass is 10.0. The fraction of sp³-hybridized carbons (Fsp3) is 0.438. The number of rotatable bonds is 5. The molecule has 1 aromatic carbocycles. The smallest absolute Gasteiger partial charge is 0.0834 e. The van der Waals surface area contributed by atoms with E-state index in [1.54, 1.807) is 6.20 Å². The lowest BCUT2D eigenvalue weighted by Gasteiger charge is -2.17. The van der Waals surface area contributed by atoms with E-state index < -0.39 is 0 Å². The topological polar surface area (TPSA) is 43.8 Å². The molecule has 1 heterocycles. The van der Waals surface area contributed by atoms with Crippen molar-refractivity contribution in [3.05, 3.63) is 52.3 Å². The van der Waals surface area contributed by atoms with Crippen molar-refractivity contribution in [2.45, 2.75) is 45.7 Å². The highest BCUT2D eigenvalue weighted by Crippen LogP contribution is 2.26. The Hall–Kier alpha value is -1.32. The van der Waals surface area contributed by atoms with Gasteiger partial charge in [-0.15, -0.1) is 0 Å². The summed E-state index contributed by atoms with van der Waals surface area (Å²) in [5.74, 6) is 0. The molecule has 0 aliphatic carbocycles. The molecule has 0 aliphatic heterocycles. The van der Waals surface area contributed by atoms with Crippen molar-refractivity contribution in [2.24, 2.45) is 5.73 Å². The van der Waals surface area contributed by atoms with Crippen LogP contribution in [0.1, 0.15) is 49.2 Å². The molecule has 0 saturated carbocycles. The second-order valence-electron chi connectivity index (χ2n) is 5.55. The zero-order valence-corrected chi connectivity index (χ0v) is 13.1. The summed E-state index contributed by atoms with van der Waals surface area (Å²) in [5.41, 5.74) is 9.83. The molecule has 1 atom stereocenters. The molecule has 108 valence electrons. The molecule has 0 bridgehead atoms. The van der Waals surface area contributed by atoms with E-state index in [1.807, 2.05) is 4.68 Å². The van der Waals surface area contributed by atoms with Gasteiger partial charge in [-0.05, 0) is 39.2 Å². The fourth-order valence-electron chi connectivity index (χ4n) is 2.32. The predicted octanol–water partition coefficient (Wildman–Crippen LogP) is 4.06. The van der Waals surface area contributed by atoms with Gasteiger partial charge < -0.3 is 5.73 Å². The van der Waals surface area contributed by atoms with Crippen molar-refractivity contribution in [1.29, 1.82) is 0 Å². The number of hydrogen-bond donors (Lipinski definition) is 1. The zero-order valence-electron chi connectivity index (χ0n) is 12.3. The molecule has 0 fully saturated rings. The van der Waals surface area contributed by atoms with Gasteiger partial charge in [0, 0.05) is 12.1 Å². The summed E-state index contributed by atoms with van der Waals surface area (Å²) in [6.45, 7) is 6.26. The zero-order chi connectivity index (χ0) is 14.7. The predicted molar refractivity (Wildman–Crippen MR) is 84.1 cm³/mol. The summed E-state index contributed by atoms with van der Waals surface area (Å²) < 4.78 is 1.92. The highest BCUT2D eigenvalue weighted by atomic mass is 35.5. The first-order valence-electron chi connectivity index (χ1n) is 7.03. The van der Waals surface area contributed by atoms with E-state index in [2.05, 4.69) is 50.1 Å². The van der Waals surface area contributed by atoms with E-state index in [-0.39, 0.29) is 12.1 Å². The first-order valence-corrected chi connectivity index (χ1v) is 7.41. The molecule has 1 aromatic heterocycles. The third-order valence-electron chi connectivity index (χ3n) is 3.49. The third-order valence-corrected chi connectivity index (χ3v) is 3.78. The third kappa shape index (κ3) is 3.41. The number of aryl methyl sites for hydroxylation is 2. The van der Waals surface area contributed by atoms with Gasteiger partial charge in [0.15, 0.2) is 0 Å². The van der Waals surface area contributed by atoms with E-state index in [9.17, 15) is 0 Å². The average molecular weight is 292 g/mol. The minimum absolute atomic E-state index is 0.0892. The minimum Gasteiger partial charge on any atom is -0.323 e. The summed E-state index contributed by atoms with van der Waals surface area (Å²) in [6.07, 6.45) is 3.49. The Morgan fingerprint density at radius 3 is 2.50 bits per heavy atom. The Kier molecular flexibility index (Phi) is 4.84. The molecule has 3 nitrogen and oxygen atoms in total. The lowest BCUT2D eigenvalue weighted by Crippen LogP contribution is -2.18. The van der Waals surface area contributed by atoms with Crippen LogP contribution >= 0.6 is 11.6 Å². The maximum Gasteiger partial charge on any atom is 0.0834 e. The normalized spacial score (nSPS) is 12.9. The quantitative estimate of drug-likeness (QED) is 0.903. The van der Waals surface area contributed by atoms with Crippen molar-refractivity contribution in [1.82, 2.24) is 9.78 Å². The Morgan fingerprint density at radius 2 is 1.90 bits per heavy atom. The Morgan fingerprint density at radius 1 is 1.25 bits per heavy atom. The number of nitrogens with two attached hydrogens (primary N) is 1. The molecule has 20 heavy (non-hydrogen) atoms. The van der Waals surface area contributed by atoms with Gasteiger partial charge in [-0.3, -0.25) is 4.68 Å². The van der Waals surface area contributed by atoms with Gasteiger partial charge in [0.2, 0.25) is 0 Å². The number of nitrogens with zero attached hydrogens (tertiary/aromatic N) is 2. The van der Waals surface area contributed by atoms with Crippen molar-refractivity contribution in [2.75, 3.05) is 0 Å². The van der Waals surface area contributed by atoms with E-state index in [1.165, 1.54) is 11.1 Å². The molecular weight excluding hydrogens is 270 g/mol. The van der Waals surface area contributed by atoms with Gasteiger partial charge in [-0.25, -0.2) is 0 Å². The van der Waals surface area contributed by atoms with Gasteiger partial charge in [0.25, 0.3) is 0 Å². The molecule has 0 amide bonds.